The highest BCUT2D eigenvalue weighted by Gasteiger charge is 2.27. The number of hydrogen-bond donors (Lipinski definition) is 1. The lowest BCUT2D eigenvalue weighted by atomic mass is 10.0. The summed E-state index contributed by atoms with van der Waals surface area (Å²) in [6.45, 7) is 9.49. The van der Waals surface area contributed by atoms with Gasteiger partial charge in [-0.3, -0.25) is 0 Å². The fraction of sp³-hybridized carbons (Fsp3) is 0.909. The lowest BCUT2D eigenvalue weighted by molar-refractivity contribution is 0.178. The van der Waals surface area contributed by atoms with E-state index in [1.54, 1.807) is 7.11 Å². The quantitative estimate of drug-likeness (QED) is 0.742. The van der Waals surface area contributed by atoms with Gasteiger partial charge >= 0.3 is 0 Å². The number of rotatable bonds is 3. The van der Waals surface area contributed by atoms with E-state index in [2.05, 4.69) is 31.0 Å². The van der Waals surface area contributed by atoms with Crippen molar-refractivity contribution in [1.82, 2.24) is 10.2 Å². The van der Waals surface area contributed by atoms with Gasteiger partial charge in [0.2, 0.25) is 0 Å². The summed E-state index contributed by atoms with van der Waals surface area (Å²) < 4.78 is 5.07. The molecule has 0 amide bonds. The molecule has 1 aliphatic heterocycles. The number of thiocarbonyl (C=S) groups is 1. The Morgan fingerprint density at radius 3 is 2.47 bits per heavy atom. The number of methoxy groups -OCH3 is 1. The van der Waals surface area contributed by atoms with Gasteiger partial charge in [-0.05, 0) is 31.0 Å². The van der Waals surface area contributed by atoms with Crippen molar-refractivity contribution in [2.45, 2.75) is 26.8 Å². The van der Waals surface area contributed by atoms with Crippen molar-refractivity contribution in [3.8, 4) is 0 Å². The topological polar surface area (TPSA) is 24.5 Å². The predicted octanol–water partition coefficient (Wildman–Crippen LogP) is 1.48. The third kappa shape index (κ3) is 3.61. The second-order valence-electron chi connectivity index (χ2n) is 4.67. The number of nitrogens with one attached hydrogen (secondary N) is 1. The Morgan fingerprint density at radius 1 is 1.47 bits per heavy atom. The van der Waals surface area contributed by atoms with Gasteiger partial charge in [-0.15, -0.1) is 0 Å². The van der Waals surface area contributed by atoms with Crippen molar-refractivity contribution in [3.63, 3.8) is 0 Å². The molecule has 4 heteroatoms. The first kappa shape index (κ1) is 12.7. The molecular weight excluding hydrogens is 208 g/mol. The maximum Gasteiger partial charge on any atom is 0.169 e. The van der Waals surface area contributed by atoms with Gasteiger partial charge in [-0.1, -0.05) is 13.8 Å². The Morgan fingerprint density at radius 2 is 2.00 bits per heavy atom. The van der Waals surface area contributed by atoms with Crippen LogP contribution in [0.2, 0.25) is 0 Å². The molecule has 1 aliphatic rings. The van der Waals surface area contributed by atoms with Crippen LogP contribution in [0.25, 0.3) is 0 Å². The zero-order valence-corrected chi connectivity index (χ0v) is 10.9. The van der Waals surface area contributed by atoms with Crippen LogP contribution in [-0.4, -0.2) is 42.9 Å². The van der Waals surface area contributed by atoms with Gasteiger partial charge in [0.25, 0.3) is 0 Å². The minimum Gasteiger partial charge on any atom is -0.383 e. The fourth-order valence-corrected chi connectivity index (χ4v) is 2.24. The number of hydrogen-bond acceptors (Lipinski definition) is 2. The van der Waals surface area contributed by atoms with Gasteiger partial charge in [-0.25, -0.2) is 0 Å². The van der Waals surface area contributed by atoms with Crippen molar-refractivity contribution < 1.29 is 4.74 Å². The zero-order chi connectivity index (χ0) is 11.4. The standard InChI is InChI=1S/C11H22N2OS/c1-8-5-13(6-9(8)2)11(15)12-10(3)7-14-4/h8-10H,5-7H2,1-4H3,(H,12,15). The van der Waals surface area contributed by atoms with Crippen molar-refractivity contribution >= 4 is 17.3 Å². The highest BCUT2D eigenvalue weighted by molar-refractivity contribution is 7.80. The minimum atomic E-state index is 0.286. The van der Waals surface area contributed by atoms with Crippen LogP contribution in [0.1, 0.15) is 20.8 Å². The normalized spacial score (nSPS) is 27.9. The summed E-state index contributed by atoms with van der Waals surface area (Å²) in [5, 5.41) is 4.17. The second-order valence-corrected chi connectivity index (χ2v) is 5.05. The van der Waals surface area contributed by atoms with Gasteiger partial charge in [0.15, 0.2) is 5.11 Å². The van der Waals surface area contributed by atoms with E-state index in [-0.39, 0.29) is 6.04 Å². The van der Waals surface area contributed by atoms with Crippen molar-refractivity contribution in [1.29, 1.82) is 0 Å². The van der Waals surface area contributed by atoms with E-state index in [1.165, 1.54) is 0 Å². The van der Waals surface area contributed by atoms with Gasteiger partial charge in [0, 0.05) is 26.2 Å². The average molecular weight is 230 g/mol. The number of nitrogens with zero attached hydrogens (tertiary/aromatic N) is 1. The molecule has 0 aliphatic carbocycles. The van der Waals surface area contributed by atoms with Crippen LogP contribution < -0.4 is 5.32 Å². The molecule has 1 heterocycles. The highest BCUT2D eigenvalue weighted by atomic mass is 32.1. The van der Waals surface area contributed by atoms with E-state index < -0.39 is 0 Å². The summed E-state index contributed by atoms with van der Waals surface area (Å²) in [7, 11) is 1.71. The maximum atomic E-state index is 5.37. The number of likely N-dealkylation sites (tertiary alicyclic amines) is 1. The van der Waals surface area contributed by atoms with Gasteiger partial charge in [0.1, 0.15) is 0 Å². The molecule has 1 saturated heterocycles. The van der Waals surface area contributed by atoms with Crippen molar-refractivity contribution in [2.75, 3.05) is 26.8 Å². The predicted molar refractivity (Wildman–Crippen MR) is 67.0 cm³/mol. The highest BCUT2D eigenvalue weighted by Crippen LogP contribution is 2.21. The Bertz CT molecular complexity index is 213. The Kier molecular flexibility index (Phi) is 4.80. The molecule has 0 saturated carbocycles. The molecule has 15 heavy (non-hydrogen) atoms. The smallest absolute Gasteiger partial charge is 0.169 e. The molecule has 3 atom stereocenters. The molecule has 3 unspecified atom stereocenters. The number of ether oxygens (including phenoxy) is 1. The van der Waals surface area contributed by atoms with Crippen LogP contribution >= 0.6 is 12.2 Å². The molecule has 0 aromatic heterocycles. The van der Waals surface area contributed by atoms with E-state index in [9.17, 15) is 0 Å². The van der Waals surface area contributed by atoms with Crippen LogP contribution in [-0.2, 0) is 4.74 Å². The van der Waals surface area contributed by atoms with Crippen LogP contribution in [0, 0.1) is 11.8 Å². The molecule has 1 N–H and O–H groups in total. The van der Waals surface area contributed by atoms with Crippen LogP contribution in [0.4, 0.5) is 0 Å². The molecule has 1 rings (SSSR count). The Hall–Kier alpha value is -0.350. The molecule has 0 spiro atoms. The van der Waals surface area contributed by atoms with E-state index in [1.807, 2.05) is 0 Å². The molecule has 0 aromatic carbocycles. The molecule has 0 bridgehead atoms. The molecule has 3 nitrogen and oxygen atoms in total. The van der Waals surface area contributed by atoms with Crippen LogP contribution in [0.5, 0.6) is 0 Å². The SMILES string of the molecule is COCC(C)NC(=S)N1CC(C)C(C)C1. The van der Waals surface area contributed by atoms with Crippen molar-refractivity contribution in [2.24, 2.45) is 11.8 Å². The van der Waals surface area contributed by atoms with Crippen LogP contribution in [0.15, 0.2) is 0 Å². The third-order valence-electron chi connectivity index (χ3n) is 3.06. The third-order valence-corrected chi connectivity index (χ3v) is 3.44. The van der Waals surface area contributed by atoms with Gasteiger partial charge in [-0.2, -0.15) is 0 Å². The molecule has 1 fully saturated rings. The summed E-state index contributed by atoms with van der Waals surface area (Å²) in [5.74, 6) is 1.48. The lowest BCUT2D eigenvalue weighted by Crippen LogP contribution is -2.44. The maximum absolute atomic E-state index is 5.37. The first-order valence-corrected chi connectivity index (χ1v) is 5.99. The van der Waals surface area contributed by atoms with E-state index in [0.29, 0.717) is 6.61 Å². The first-order valence-electron chi connectivity index (χ1n) is 5.59. The largest absolute Gasteiger partial charge is 0.383 e. The monoisotopic (exact) mass is 230 g/mol. The average Bonchev–Trinajstić information content (AvgIpc) is 2.47. The Balaban J connectivity index is 2.35. The Labute approximate surface area is 98.2 Å². The summed E-state index contributed by atoms with van der Waals surface area (Å²) in [6, 6.07) is 0.286. The zero-order valence-electron chi connectivity index (χ0n) is 10.1. The molecule has 0 radical (unpaired) electrons. The van der Waals surface area contributed by atoms with E-state index in [0.717, 1.165) is 30.0 Å². The molecule has 88 valence electrons. The van der Waals surface area contributed by atoms with E-state index >= 15 is 0 Å². The van der Waals surface area contributed by atoms with Crippen LogP contribution in [0.3, 0.4) is 0 Å². The summed E-state index contributed by atoms with van der Waals surface area (Å²) in [6.07, 6.45) is 0. The second kappa shape index (κ2) is 5.66. The molecule has 0 aromatic rings. The minimum absolute atomic E-state index is 0.286. The van der Waals surface area contributed by atoms with Crippen molar-refractivity contribution in [3.05, 3.63) is 0 Å². The fourth-order valence-electron chi connectivity index (χ4n) is 1.89. The summed E-state index contributed by atoms with van der Waals surface area (Å²) >= 11 is 5.37. The summed E-state index contributed by atoms with van der Waals surface area (Å²) in [4.78, 5) is 2.26. The van der Waals surface area contributed by atoms with Gasteiger partial charge in [0.05, 0.1) is 6.61 Å². The van der Waals surface area contributed by atoms with E-state index in [4.69, 9.17) is 17.0 Å². The summed E-state index contributed by atoms with van der Waals surface area (Å²) in [5.41, 5.74) is 0. The molecular formula is C11H22N2OS. The van der Waals surface area contributed by atoms with Gasteiger partial charge < -0.3 is 15.0 Å². The first-order chi connectivity index (χ1) is 7.04. The lowest BCUT2D eigenvalue weighted by Gasteiger charge is -2.23.